The fourth-order valence-electron chi connectivity index (χ4n) is 5.00. The number of anilines is 1. The molecule has 0 saturated carbocycles. The normalized spacial score (nSPS) is 17.9. The number of morpholine rings is 1. The SMILES string of the molecule is CCCC1=C(C(=O)OCC)[C@H](c2ccc(C(C)C)cc2)n2c(s/c(=C\c3ccc(N4CCOCC4)o3)c2=O)=N1. The van der Waals surface area contributed by atoms with E-state index in [-0.39, 0.29) is 12.2 Å². The van der Waals surface area contributed by atoms with Crippen LogP contribution in [-0.2, 0) is 14.3 Å². The van der Waals surface area contributed by atoms with Crippen molar-refractivity contribution in [2.75, 3.05) is 37.8 Å². The Hall–Kier alpha value is -3.43. The van der Waals surface area contributed by atoms with Crippen LogP contribution in [-0.4, -0.2) is 43.4 Å². The summed E-state index contributed by atoms with van der Waals surface area (Å²) in [4.78, 5) is 34.8. The van der Waals surface area contributed by atoms with Crippen molar-refractivity contribution in [1.29, 1.82) is 0 Å². The fourth-order valence-corrected chi connectivity index (χ4v) is 6.00. The molecule has 2 aliphatic rings. The van der Waals surface area contributed by atoms with E-state index in [0.29, 0.717) is 51.9 Å². The molecule has 0 spiro atoms. The Balaban J connectivity index is 1.64. The van der Waals surface area contributed by atoms with E-state index < -0.39 is 12.0 Å². The minimum absolute atomic E-state index is 0.210. The molecule has 1 atom stereocenters. The Morgan fingerprint density at radius 3 is 2.56 bits per heavy atom. The number of carbonyl (C=O) groups is 1. The number of rotatable bonds is 8. The highest BCUT2D eigenvalue weighted by atomic mass is 32.1. The lowest BCUT2D eigenvalue weighted by molar-refractivity contribution is -0.139. The van der Waals surface area contributed by atoms with Gasteiger partial charge in [-0.25, -0.2) is 9.79 Å². The van der Waals surface area contributed by atoms with Gasteiger partial charge in [-0.05, 0) is 36.5 Å². The number of nitrogens with zero attached hydrogens (tertiary/aromatic N) is 3. The number of carbonyl (C=O) groups excluding carboxylic acids is 1. The maximum absolute atomic E-state index is 13.9. The van der Waals surface area contributed by atoms with Gasteiger partial charge in [0.15, 0.2) is 10.7 Å². The van der Waals surface area contributed by atoms with Gasteiger partial charge in [-0.15, -0.1) is 0 Å². The van der Waals surface area contributed by atoms with E-state index in [0.717, 1.165) is 31.0 Å². The molecule has 9 heteroatoms. The van der Waals surface area contributed by atoms with Crippen molar-refractivity contribution < 1.29 is 18.7 Å². The van der Waals surface area contributed by atoms with Crippen molar-refractivity contribution >= 4 is 29.3 Å². The van der Waals surface area contributed by atoms with Crippen LogP contribution in [0.15, 0.2) is 61.9 Å². The Morgan fingerprint density at radius 1 is 1.15 bits per heavy atom. The molecule has 0 bridgehead atoms. The predicted octanol–water partition coefficient (Wildman–Crippen LogP) is 4.13. The summed E-state index contributed by atoms with van der Waals surface area (Å²) in [5, 5.41) is 0. The van der Waals surface area contributed by atoms with Gasteiger partial charge in [0.25, 0.3) is 5.56 Å². The van der Waals surface area contributed by atoms with Crippen molar-refractivity contribution in [2.24, 2.45) is 4.99 Å². The molecule has 0 N–H and O–H groups in total. The van der Waals surface area contributed by atoms with Crippen LogP contribution in [0.4, 0.5) is 5.88 Å². The zero-order valence-electron chi connectivity index (χ0n) is 22.9. The van der Waals surface area contributed by atoms with Crippen LogP contribution in [0.3, 0.4) is 0 Å². The third kappa shape index (κ3) is 5.51. The maximum Gasteiger partial charge on any atom is 0.338 e. The first-order chi connectivity index (χ1) is 18.9. The predicted molar refractivity (Wildman–Crippen MR) is 152 cm³/mol. The van der Waals surface area contributed by atoms with E-state index in [1.54, 1.807) is 17.6 Å². The van der Waals surface area contributed by atoms with Crippen molar-refractivity contribution in [3.63, 3.8) is 0 Å². The largest absolute Gasteiger partial charge is 0.463 e. The minimum Gasteiger partial charge on any atom is -0.463 e. The van der Waals surface area contributed by atoms with E-state index in [4.69, 9.17) is 18.9 Å². The number of ether oxygens (including phenoxy) is 2. The van der Waals surface area contributed by atoms with Gasteiger partial charge in [-0.2, -0.15) is 0 Å². The average Bonchev–Trinajstić information content (AvgIpc) is 3.53. The summed E-state index contributed by atoms with van der Waals surface area (Å²) in [5.74, 6) is 1.29. The van der Waals surface area contributed by atoms with Gasteiger partial charge < -0.3 is 18.8 Å². The minimum atomic E-state index is -0.620. The van der Waals surface area contributed by atoms with E-state index in [1.807, 2.05) is 24.3 Å². The first-order valence-corrected chi connectivity index (χ1v) is 14.5. The van der Waals surface area contributed by atoms with Crippen LogP contribution in [0.1, 0.15) is 69.4 Å². The van der Waals surface area contributed by atoms with Crippen molar-refractivity contribution in [3.8, 4) is 0 Å². The van der Waals surface area contributed by atoms with Crippen LogP contribution >= 0.6 is 11.3 Å². The van der Waals surface area contributed by atoms with Crippen molar-refractivity contribution in [3.05, 3.63) is 84.2 Å². The van der Waals surface area contributed by atoms with Gasteiger partial charge >= 0.3 is 5.97 Å². The van der Waals surface area contributed by atoms with Crippen LogP contribution in [0, 0.1) is 0 Å². The summed E-state index contributed by atoms with van der Waals surface area (Å²) < 4.78 is 19.1. The number of esters is 1. The average molecular weight is 550 g/mol. The third-order valence-electron chi connectivity index (χ3n) is 7.02. The second-order valence-electron chi connectivity index (χ2n) is 10.0. The molecule has 1 saturated heterocycles. The molecule has 2 aliphatic heterocycles. The molecular formula is C30H35N3O5S. The monoisotopic (exact) mass is 549 g/mol. The number of hydrogen-bond donors (Lipinski definition) is 0. The highest BCUT2D eigenvalue weighted by Gasteiger charge is 2.34. The number of benzene rings is 1. The molecule has 5 rings (SSSR count). The molecule has 2 aromatic heterocycles. The zero-order chi connectivity index (χ0) is 27.5. The van der Waals surface area contributed by atoms with E-state index in [2.05, 4.69) is 37.8 Å². The van der Waals surface area contributed by atoms with Crippen LogP contribution in [0.5, 0.6) is 0 Å². The van der Waals surface area contributed by atoms with Gasteiger partial charge in [-0.1, -0.05) is 62.8 Å². The number of furan rings is 1. The molecule has 206 valence electrons. The Kier molecular flexibility index (Phi) is 8.18. The molecule has 0 aliphatic carbocycles. The molecule has 39 heavy (non-hydrogen) atoms. The second-order valence-corrected chi connectivity index (χ2v) is 11.0. The molecule has 8 nitrogen and oxygen atoms in total. The molecule has 1 aromatic carbocycles. The number of hydrogen-bond acceptors (Lipinski definition) is 8. The molecule has 3 aromatic rings. The van der Waals surface area contributed by atoms with Crippen molar-refractivity contribution in [1.82, 2.24) is 4.57 Å². The molecule has 0 radical (unpaired) electrons. The topological polar surface area (TPSA) is 86.3 Å². The molecule has 4 heterocycles. The first-order valence-electron chi connectivity index (χ1n) is 13.7. The van der Waals surface area contributed by atoms with E-state index in [1.165, 1.54) is 16.9 Å². The number of thiazole rings is 1. The summed E-state index contributed by atoms with van der Waals surface area (Å²) in [6, 6.07) is 11.3. The Bertz CT molecular complexity index is 1540. The lowest BCUT2D eigenvalue weighted by Crippen LogP contribution is -2.40. The molecule has 0 amide bonds. The quantitative estimate of drug-likeness (QED) is 0.393. The van der Waals surface area contributed by atoms with Gasteiger partial charge in [-0.3, -0.25) is 9.36 Å². The smallest absolute Gasteiger partial charge is 0.338 e. The van der Waals surface area contributed by atoms with Crippen molar-refractivity contribution in [2.45, 2.75) is 52.5 Å². The lowest BCUT2D eigenvalue weighted by atomic mass is 9.92. The summed E-state index contributed by atoms with van der Waals surface area (Å²) in [6.45, 7) is 11.2. The van der Waals surface area contributed by atoms with E-state index in [9.17, 15) is 9.59 Å². The number of allylic oxidation sites excluding steroid dienone is 1. The second kappa shape index (κ2) is 11.8. The number of aromatic nitrogens is 1. The highest BCUT2D eigenvalue weighted by Crippen LogP contribution is 2.33. The third-order valence-corrected chi connectivity index (χ3v) is 8.00. The standard InChI is InChI=1S/C30H35N3O5S/c1-5-7-23-26(29(35)37-6-2)27(21-10-8-20(9-11-21)19(3)4)33-28(34)24(39-30(33)31-23)18-22-12-13-25(38-22)32-14-16-36-17-15-32/h8-13,18-19,27H,5-7,14-17H2,1-4H3/b24-18-/t27-/m0/s1. The summed E-state index contributed by atoms with van der Waals surface area (Å²) in [7, 11) is 0. The fraction of sp³-hybridized carbons (Fsp3) is 0.433. The summed E-state index contributed by atoms with van der Waals surface area (Å²) in [6.07, 6.45) is 3.19. The maximum atomic E-state index is 13.9. The van der Waals surface area contributed by atoms with Crippen LogP contribution in [0.25, 0.3) is 6.08 Å². The first kappa shape index (κ1) is 27.1. The van der Waals surface area contributed by atoms with Gasteiger partial charge in [0, 0.05) is 25.2 Å². The molecule has 1 fully saturated rings. The lowest BCUT2D eigenvalue weighted by Gasteiger charge is -2.26. The van der Waals surface area contributed by atoms with E-state index >= 15 is 0 Å². The molecule has 0 unspecified atom stereocenters. The highest BCUT2D eigenvalue weighted by molar-refractivity contribution is 7.07. The van der Waals surface area contributed by atoms with Gasteiger partial charge in [0.2, 0.25) is 0 Å². The Morgan fingerprint density at radius 2 is 1.90 bits per heavy atom. The van der Waals surface area contributed by atoms with Crippen LogP contribution < -0.4 is 19.8 Å². The van der Waals surface area contributed by atoms with Crippen LogP contribution in [0.2, 0.25) is 0 Å². The summed E-state index contributed by atoms with van der Waals surface area (Å²) in [5.41, 5.74) is 2.94. The number of fused-ring (bicyclic) bond motifs is 1. The van der Waals surface area contributed by atoms with Gasteiger partial charge in [0.1, 0.15) is 5.76 Å². The Labute approximate surface area is 231 Å². The van der Waals surface area contributed by atoms with Gasteiger partial charge in [0.05, 0.1) is 41.7 Å². The summed E-state index contributed by atoms with van der Waals surface area (Å²) >= 11 is 1.31. The molecular weight excluding hydrogens is 514 g/mol. The zero-order valence-corrected chi connectivity index (χ0v) is 23.8.